The van der Waals surface area contributed by atoms with E-state index in [1.165, 1.54) is 29.0 Å². The molecule has 346 valence electrons. The van der Waals surface area contributed by atoms with Crippen LogP contribution in [0.5, 0.6) is 17.2 Å². The molecular formula is C48H53ClN8O8S. The van der Waals surface area contributed by atoms with Gasteiger partial charge in [0.25, 0.3) is 21.6 Å². The number of piperazine rings is 2. The molecule has 2 N–H and O–H groups in total. The molecule has 2 amide bonds. The monoisotopic (exact) mass is 936 g/mol. The van der Waals surface area contributed by atoms with Crippen LogP contribution in [0.25, 0.3) is 16.6 Å². The van der Waals surface area contributed by atoms with E-state index >= 15 is 0 Å². The van der Waals surface area contributed by atoms with Crippen LogP contribution in [0.15, 0.2) is 89.6 Å². The van der Waals surface area contributed by atoms with Crippen molar-refractivity contribution >= 4 is 61.4 Å². The Kier molecular flexibility index (Phi) is 12.6. The molecule has 16 nitrogen and oxygen atoms in total. The maximum atomic E-state index is 14.1. The summed E-state index contributed by atoms with van der Waals surface area (Å²) in [7, 11) is -2.73. The van der Waals surface area contributed by atoms with Crippen molar-refractivity contribution < 1.29 is 32.4 Å². The number of benzene rings is 3. The van der Waals surface area contributed by atoms with Gasteiger partial charge in [0, 0.05) is 99.4 Å². The molecule has 2 fully saturated rings. The lowest BCUT2D eigenvalue weighted by atomic mass is 9.72. The molecule has 1 atom stereocenters. The zero-order valence-electron chi connectivity index (χ0n) is 37.2. The Morgan fingerprint density at radius 3 is 2.50 bits per heavy atom. The van der Waals surface area contributed by atoms with Crippen molar-refractivity contribution in [1.29, 1.82) is 0 Å². The van der Waals surface area contributed by atoms with E-state index in [0.717, 1.165) is 67.1 Å². The van der Waals surface area contributed by atoms with Gasteiger partial charge in [-0.25, -0.2) is 18.1 Å². The summed E-state index contributed by atoms with van der Waals surface area (Å²) in [6.07, 6.45) is 6.43. The van der Waals surface area contributed by atoms with Crippen LogP contribution >= 0.6 is 11.6 Å². The Balaban J connectivity index is 0.938. The number of hydrogen-bond acceptors (Lipinski definition) is 12. The summed E-state index contributed by atoms with van der Waals surface area (Å²) in [5, 5.41) is 13.9. The molecule has 5 aromatic rings. The van der Waals surface area contributed by atoms with Crippen molar-refractivity contribution in [2.24, 2.45) is 11.3 Å². The fourth-order valence-electron chi connectivity index (χ4n) is 9.41. The highest BCUT2D eigenvalue weighted by Crippen LogP contribution is 2.44. The van der Waals surface area contributed by atoms with E-state index in [9.17, 15) is 28.1 Å². The molecule has 2 aromatic heterocycles. The molecule has 5 heterocycles. The van der Waals surface area contributed by atoms with Gasteiger partial charge in [-0.2, -0.15) is 0 Å². The second-order valence-electron chi connectivity index (χ2n) is 18.5. The minimum Gasteiger partial charge on any atom is -0.492 e. The number of hydrogen-bond donors (Lipinski definition) is 2. The van der Waals surface area contributed by atoms with Crippen molar-refractivity contribution in [3.05, 3.63) is 117 Å². The summed E-state index contributed by atoms with van der Waals surface area (Å²) in [6, 6.07) is 18.8. The molecule has 3 aromatic carbocycles. The number of aromatic nitrogens is 2. The van der Waals surface area contributed by atoms with Crippen LogP contribution in [0, 0.1) is 21.4 Å². The smallest absolute Gasteiger partial charge is 0.277 e. The van der Waals surface area contributed by atoms with Crippen molar-refractivity contribution in [3.8, 4) is 17.2 Å². The van der Waals surface area contributed by atoms with E-state index in [1.54, 1.807) is 29.3 Å². The highest BCUT2D eigenvalue weighted by atomic mass is 35.5. The Labute approximate surface area is 388 Å². The fraction of sp³-hybridized carbons (Fsp3) is 0.396. The van der Waals surface area contributed by atoms with Gasteiger partial charge in [0.1, 0.15) is 29.5 Å². The third-order valence-corrected chi connectivity index (χ3v) is 14.9. The van der Waals surface area contributed by atoms with Crippen LogP contribution in [0.4, 0.5) is 11.4 Å². The lowest BCUT2D eigenvalue weighted by Crippen LogP contribution is -2.50. The molecule has 0 spiro atoms. The number of carbonyl (C=O) groups excluding carboxylic acids is 2. The van der Waals surface area contributed by atoms with E-state index in [4.69, 9.17) is 21.1 Å². The quantitative estimate of drug-likeness (QED) is 0.101. The number of nitrogens with one attached hydrogen (secondary N) is 2. The SMILES string of the molecule is CN1CCN(C(=O)[C@H]2COc3cc(S(=O)(=O)NC(=O)c4ccc(N5CCN(CC6=C(c7ccc(Cl)cc7)CC(C)(C)CC6)CC5)cc4Oc4cnc5[nH]ccc5c4)cc([N+](=O)[O-])c3C2)CC1. The largest absolute Gasteiger partial charge is 0.492 e. The second-order valence-corrected chi connectivity index (χ2v) is 20.6. The predicted octanol–water partition coefficient (Wildman–Crippen LogP) is 7.15. The number of nitro groups is 1. The minimum absolute atomic E-state index is 0.0108. The topological polar surface area (TPSA) is 184 Å². The normalized spacial score (nSPS) is 19.3. The Hall–Kier alpha value is -6.01. The summed E-state index contributed by atoms with van der Waals surface area (Å²) in [5.41, 5.74) is 5.25. The van der Waals surface area contributed by atoms with Crippen molar-refractivity contribution in [3.63, 3.8) is 0 Å². The molecule has 0 bridgehead atoms. The summed E-state index contributed by atoms with van der Waals surface area (Å²) in [6.45, 7) is 11.0. The number of likely N-dealkylation sites (N-methyl/N-ethyl adjacent to an activating group) is 1. The molecule has 2 saturated heterocycles. The van der Waals surface area contributed by atoms with E-state index in [-0.39, 0.29) is 47.0 Å². The third-order valence-electron chi connectivity index (χ3n) is 13.3. The number of pyridine rings is 1. The molecule has 0 unspecified atom stereocenters. The molecule has 0 saturated carbocycles. The number of nitrogens with zero attached hydrogens (tertiary/aromatic N) is 6. The first kappa shape index (κ1) is 45.2. The highest BCUT2D eigenvalue weighted by Gasteiger charge is 2.37. The maximum absolute atomic E-state index is 14.1. The lowest BCUT2D eigenvalue weighted by Gasteiger charge is -2.39. The molecule has 66 heavy (non-hydrogen) atoms. The van der Waals surface area contributed by atoms with Crippen molar-refractivity contribution in [1.82, 2.24) is 29.4 Å². The lowest BCUT2D eigenvalue weighted by molar-refractivity contribution is -0.386. The van der Waals surface area contributed by atoms with Gasteiger partial charge >= 0.3 is 0 Å². The minimum atomic E-state index is -4.70. The van der Waals surface area contributed by atoms with Gasteiger partial charge in [-0.3, -0.25) is 24.6 Å². The number of nitro benzene ring substituents is 1. The van der Waals surface area contributed by atoms with E-state index in [0.29, 0.717) is 50.7 Å². The van der Waals surface area contributed by atoms with Crippen LogP contribution in [0.1, 0.15) is 54.6 Å². The first-order chi connectivity index (χ1) is 31.6. The van der Waals surface area contributed by atoms with Gasteiger partial charge in [-0.15, -0.1) is 0 Å². The molecule has 0 radical (unpaired) electrons. The summed E-state index contributed by atoms with van der Waals surface area (Å²) < 4.78 is 42.2. The number of anilines is 1. The number of carbonyl (C=O) groups is 2. The first-order valence-corrected chi connectivity index (χ1v) is 24.1. The maximum Gasteiger partial charge on any atom is 0.277 e. The van der Waals surface area contributed by atoms with E-state index < -0.39 is 37.4 Å². The number of H-pyrrole nitrogens is 1. The third kappa shape index (κ3) is 9.75. The van der Waals surface area contributed by atoms with Crippen LogP contribution < -0.4 is 19.1 Å². The van der Waals surface area contributed by atoms with Gasteiger partial charge in [0.2, 0.25) is 5.91 Å². The zero-order valence-corrected chi connectivity index (χ0v) is 38.8. The zero-order chi connectivity index (χ0) is 46.3. The number of allylic oxidation sites excluding steroid dienone is 1. The van der Waals surface area contributed by atoms with Gasteiger partial charge < -0.3 is 29.2 Å². The molecule has 18 heteroatoms. The van der Waals surface area contributed by atoms with Crippen LogP contribution in [-0.4, -0.2) is 122 Å². The number of sulfonamides is 1. The molecular weight excluding hydrogens is 884 g/mol. The van der Waals surface area contributed by atoms with Crippen molar-refractivity contribution in [2.45, 2.75) is 44.4 Å². The van der Waals surface area contributed by atoms with Crippen molar-refractivity contribution in [2.75, 3.05) is 77.5 Å². The summed E-state index contributed by atoms with van der Waals surface area (Å²) >= 11 is 6.25. The first-order valence-electron chi connectivity index (χ1n) is 22.3. The van der Waals surface area contributed by atoms with E-state index in [2.05, 4.69) is 55.4 Å². The number of halogens is 1. The van der Waals surface area contributed by atoms with E-state index in [1.807, 2.05) is 25.2 Å². The number of fused-ring (bicyclic) bond motifs is 2. The highest BCUT2D eigenvalue weighted by molar-refractivity contribution is 7.90. The van der Waals surface area contributed by atoms with Crippen LogP contribution in [0.2, 0.25) is 5.02 Å². The molecule has 4 aliphatic rings. The van der Waals surface area contributed by atoms with Gasteiger partial charge in [0.15, 0.2) is 0 Å². The number of ether oxygens (including phenoxy) is 2. The second kappa shape index (κ2) is 18.3. The summed E-state index contributed by atoms with van der Waals surface area (Å²) in [4.78, 5) is 54.6. The standard InChI is InChI=1S/C48H53ClN8O8S/c1-48(2)12-10-33(41(27-48)31-4-6-35(49)7-5-31)29-54-16-20-55(21-17-54)36-8-9-39(44(24-36)65-37-22-32-11-13-50-45(32)51-28-37)46(58)52-66(62,63)38-25-42(57(60)61)40-23-34(30-64-43(40)26-38)47(59)56-18-14-53(3)15-19-56/h4-9,11,13,22,24-26,28,34H,10,12,14-21,23,27,29-30H2,1-3H3,(H,50,51)(H,52,58)/t34-/m1/s1. The number of rotatable bonds is 11. The Morgan fingerprint density at radius 1 is 1.00 bits per heavy atom. The Morgan fingerprint density at radius 2 is 1.76 bits per heavy atom. The van der Waals surface area contributed by atoms with Gasteiger partial charge in [-0.1, -0.05) is 43.2 Å². The van der Waals surface area contributed by atoms with Crippen LogP contribution in [0.3, 0.4) is 0 Å². The predicted molar refractivity (Wildman–Crippen MR) is 252 cm³/mol. The fourth-order valence-corrected chi connectivity index (χ4v) is 10.5. The Bertz CT molecular complexity index is 2830. The van der Waals surface area contributed by atoms with Gasteiger partial charge in [0.05, 0.1) is 33.1 Å². The molecule has 3 aliphatic heterocycles. The average Bonchev–Trinajstić information content (AvgIpc) is 3.77. The summed E-state index contributed by atoms with van der Waals surface area (Å²) in [5.74, 6) is -1.44. The number of aromatic amines is 1. The average molecular weight is 938 g/mol. The number of amides is 2. The molecule has 1 aliphatic carbocycles. The molecule has 9 rings (SSSR count). The van der Waals surface area contributed by atoms with Gasteiger partial charge in [-0.05, 0) is 85.7 Å². The van der Waals surface area contributed by atoms with Crippen LogP contribution in [-0.2, 0) is 21.2 Å².